The third-order valence-electron chi connectivity index (χ3n) is 30.3. The van der Waals surface area contributed by atoms with E-state index in [1.165, 1.54) is 16.2 Å². The van der Waals surface area contributed by atoms with Crippen molar-refractivity contribution in [2.24, 2.45) is 0 Å². The minimum absolute atomic E-state index is 0.114. The van der Waals surface area contributed by atoms with Gasteiger partial charge in [0.25, 0.3) is 0 Å². The van der Waals surface area contributed by atoms with Crippen LogP contribution in [0.2, 0.25) is 0 Å². The van der Waals surface area contributed by atoms with Crippen LogP contribution >= 0.6 is 11.3 Å². The number of aromatic nitrogens is 9. The first kappa shape index (κ1) is 83.5. The predicted molar refractivity (Wildman–Crippen MR) is 595 cm³/mol. The molecule has 0 N–H and O–H groups in total. The lowest BCUT2D eigenvalue weighted by molar-refractivity contribution is -0.137. The molecule has 18 heteroatoms. The molecule has 0 unspecified atom stereocenters. The van der Waals surface area contributed by atoms with Crippen LogP contribution in [-0.2, 0) is 6.18 Å². The van der Waals surface area contributed by atoms with Crippen LogP contribution in [0.4, 0.5) is 13.2 Å². The molecule has 0 amide bonds. The topological polar surface area (TPSA) is 161 Å². The summed E-state index contributed by atoms with van der Waals surface area (Å²) >= 11 is 1.76. The number of hydrogen-bond donors (Lipinski definition) is 0. The smallest absolute Gasteiger partial charge is 0.416 e. The highest BCUT2D eigenvalue weighted by atomic mass is 32.1. The Morgan fingerprint density at radius 2 is 0.493 bits per heavy atom. The van der Waals surface area contributed by atoms with Gasteiger partial charge in [0.15, 0.2) is 5.58 Å². The molecule has 11 heterocycles. The molecule has 14 nitrogen and oxygen atoms in total. The van der Waals surface area contributed by atoms with Gasteiger partial charge in [-0.15, -0.1) is 11.3 Å². The number of para-hydroxylation sites is 13. The Bertz CT molecular complexity index is 11200. The molecule has 0 atom stereocenters. The van der Waals surface area contributed by atoms with E-state index >= 15 is 13.2 Å². The third-order valence-corrected chi connectivity index (χ3v) is 31.5. The molecule has 688 valence electrons. The summed E-state index contributed by atoms with van der Waals surface area (Å²) in [6, 6.07) is 151. The highest BCUT2D eigenvalue weighted by Crippen LogP contribution is 2.56. The van der Waals surface area contributed by atoms with Gasteiger partial charge in [-0.25, -0.2) is 0 Å². The minimum atomic E-state index is -4.73. The summed E-state index contributed by atoms with van der Waals surface area (Å²) in [7, 11) is 0. The summed E-state index contributed by atoms with van der Waals surface area (Å²) in [6.07, 6.45) is -2.90. The zero-order valence-electron chi connectivity index (χ0n) is 78.2. The van der Waals surface area contributed by atoms with E-state index in [0.29, 0.717) is 78.4 Å². The zero-order chi connectivity index (χ0) is 98.3. The largest absolute Gasteiger partial charge is 0.454 e. The lowest BCUT2D eigenvalue weighted by Gasteiger charge is -2.27. The Labute approximate surface area is 842 Å². The van der Waals surface area contributed by atoms with Gasteiger partial charge in [0.1, 0.15) is 52.1 Å². The third kappa shape index (κ3) is 11.5. The average molecular weight is 1920 g/mol. The van der Waals surface area contributed by atoms with Crippen LogP contribution < -0.4 is 0 Å². The fourth-order valence-corrected chi connectivity index (χ4v) is 25.7. The summed E-state index contributed by atoms with van der Waals surface area (Å²) in [5, 5.41) is 69.4. The van der Waals surface area contributed by atoms with Gasteiger partial charge in [0.05, 0.1) is 150 Å². The summed E-state index contributed by atoms with van der Waals surface area (Å²) in [4.78, 5) is 4.86. The Balaban J connectivity index is 0.000000137. The Kier molecular flexibility index (Phi) is 17.8. The van der Waals surface area contributed by atoms with Crippen LogP contribution in [0, 0.1) is 45.3 Å². The number of halogens is 3. The van der Waals surface area contributed by atoms with Crippen LogP contribution in [-0.4, -0.2) is 41.5 Å². The van der Waals surface area contributed by atoms with Gasteiger partial charge < -0.3 is 41.0 Å². The highest BCUT2D eigenvalue weighted by molar-refractivity contribution is 7.26. The van der Waals surface area contributed by atoms with E-state index in [0.717, 1.165) is 197 Å². The monoisotopic (exact) mass is 1920 g/mol. The molecule has 0 saturated carbocycles. The number of hydrogen-bond acceptors (Lipinski definition) is 7. The molecule has 31 rings (SSSR count). The van der Waals surface area contributed by atoms with Gasteiger partial charge in [0, 0.05) is 124 Å². The summed E-state index contributed by atoms with van der Waals surface area (Å²) in [6.45, 7) is 0. The number of rotatable bonds is 9. The second kappa shape index (κ2) is 31.6. The number of benzene rings is 20. The number of alkyl halides is 3. The van der Waals surface area contributed by atoms with Crippen LogP contribution in [0.1, 0.15) is 27.8 Å². The Morgan fingerprint density at radius 3 is 0.831 bits per heavy atom. The molecule has 0 fully saturated rings. The maximum absolute atomic E-state index is 15.3. The highest BCUT2D eigenvalue weighted by Gasteiger charge is 2.40. The number of furan rings is 1. The van der Waals surface area contributed by atoms with Gasteiger partial charge in [-0.2, -0.15) is 34.2 Å². The summed E-state index contributed by atoms with van der Waals surface area (Å²) in [5.74, 6) is 0. The van der Waals surface area contributed by atoms with Gasteiger partial charge in [-0.1, -0.05) is 297 Å². The second-order valence-corrected chi connectivity index (χ2v) is 38.7. The number of nitrogens with zero attached hydrogens (tertiary/aromatic N) is 13. The molecule has 0 aliphatic carbocycles. The molecule has 0 radical (unpaired) electrons. The first-order chi connectivity index (χ1) is 73.0. The van der Waals surface area contributed by atoms with Crippen LogP contribution in [0.25, 0.3) is 273 Å². The second-order valence-electron chi connectivity index (χ2n) is 37.7. The van der Waals surface area contributed by atoms with Gasteiger partial charge in [0.2, 0.25) is 0 Å². The standard InChI is InChI=1S/C67H37N7S.C63H33F3N6O/c68-38-51-62(71-54-25-8-1-17-41(54)42-18-2-9-26-55(42)71)63(72-56-27-10-3-19-43(56)44-20-4-11-28-57(44)72)52(39-69)65(64(51)73-58-29-12-5-21-45(58)46-22-6-13-30-59(46)73)74-60-37-40(53-24-15-16-36-70-53)32-33-47(60)49-34-35-50-48-23-7-14-31-61(48)75-67(50)66(49)74;64-63(65,66)36-29-30-43-45-31-32-46-44-21-7-14-28-56(44)73-62(46)61(45)72(55(43)33-36)60-48(35-68)58(70-51-24-10-3-17-39(51)40-18-4-11-25-52(40)70)57(69-49-22-8-1-15-37(49)38-16-2-9-23-50(38)69)47(34-67)59(60)71-53-26-12-5-19-41(53)42-20-6-13-27-54(42)71/h1-37H;1-33H. The molecule has 0 spiro atoms. The normalized spacial score (nSPS) is 12.1. The lowest BCUT2D eigenvalue weighted by Crippen LogP contribution is -2.17. The van der Waals surface area contributed by atoms with Gasteiger partial charge >= 0.3 is 6.18 Å². The quantitative estimate of drug-likeness (QED) is 0.140. The zero-order valence-corrected chi connectivity index (χ0v) is 79.0. The Morgan fingerprint density at radius 1 is 0.230 bits per heavy atom. The van der Waals surface area contributed by atoms with E-state index in [-0.39, 0.29) is 22.3 Å². The van der Waals surface area contributed by atoms with Crippen molar-refractivity contribution in [2.45, 2.75) is 6.18 Å². The number of pyridine rings is 1. The van der Waals surface area contributed by atoms with Gasteiger partial charge in [-0.3, -0.25) is 4.98 Å². The fraction of sp³-hybridized carbons (Fsp3) is 0.00769. The van der Waals surface area contributed by atoms with E-state index in [9.17, 15) is 21.0 Å². The minimum Gasteiger partial charge on any atom is -0.454 e. The molecule has 0 saturated heterocycles. The molecule has 11 aromatic heterocycles. The van der Waals surface area contributed by atoms with E-state index < -0.39 is 11.7 Å². The van der Waals surface area contributed by atoms with E-state index in [1.54, 1.807) is 15.9 Å². The number of thiophene rings is 1. The average Bonchev–Trinajstić information content (AvgIpc) is 1.50. The molecule has 20 aromatic carbocycles. The van der Waals surface area contributed by atoms with Crippen molar-refractivity contribution >= 4 is 228 Å². The van der Waals surface area contributed by atoms with E-state index in [1.807, 2.05) is 199 Å². The predicted octanol–water partition coefficient (Wildman–Crippen LogP) is 34.0. The van der Waals surface area contributed by atoms with Crippen LogP contribution in [0.3, 0.4) is 0 Å². The van der Waals surface area contributed by atoms with Crippen molar-refractivity contribution < 1.29 is 17.6 Å². The SMILES string of the molecule is N#Cc1c(-n2c3ccccc3c3ccccc32)c(-n2c3ccccc3c3ccccc32)c(C#N)c(-n2c3cc(-c4ccccn4)ccc3c3ccc4c5ccccc5sc4c32)c1-n1c2ccccc2c2ccccc21.N#Cc1c(-n2c3ccccc3c3ccccc32)c(-n2c3ccccc3c3ccccc32)c(C#N)c(-n2c3cc(C(F)(F)F)ccc3c3ccc4c5ccccc5oc4c32)c1-n1c2ccccc2c2ccccc21. The summed E-state index contributed by atoms with van der Waals surface area (Å²) < 4.78 is 72.0. The molecular formula is C130H70F3N13OS. The molecule has 148 heavy (non-hydrogen) atoms. The maximum atomic E-state index is 15.3. The molecule has 0 aliphatic heterocycles. The van der Waals surface area contributed by atoms with Crippen molar-refractivity contribution in [3.63, 3.8) is 0 Å². The first-order valence-electron chi connectivity index (χ1n) is 48.8. The van der Waals surface area contributed by atoms with Crippen molar-refractivity contribution in [2.75, 3.05) is 0 Å². The van der Waals surface area contributed by atoms with Crippen molar-refractivity contribution in [1.82, 2.24) is 41.5 Å². The van der Waals surface area contributed by atoms with Crippen molar-refractivity contribution in [3.05, 3.63) is 453 Å². The number of nitriles is 4. The first-order valence-corrected chi connectivity index (χ1v) is 49.6. The molecule has 31 aromatic rings. The van der Waals surface area contributed by atoms with Crippen LogP contribution in [0.15, 0.2) is 429 Å². The Hall–Kier alpha value is -20.3. The van der Waals surface area contributed by atoms with Gasteiger partial charge in [-0.05, 0) is 121 Å². The van der Waals surface area contributed by atoms with E-state index in [2.05, 4.69) is 264 Å². The van der Waals surface area contributed by atoms with E-state index in [4.69, 9.17) is 9.40 Å². The lowest BCUT2D eigenvalue weighted by atomic mass is 9.98. The fourth-order valence-electron chi connectivity index (χ4n) is 24.4. The number of fused-ring (bicyclic) bond motifs is 32. The van der Waals surface area contributed by atoms with Crippen LogP contribution in [0.5, 0.6) is 0 Å². The summed E-state index contributed by atoms with van der Waals surface area (Å²) in [5.41, 5.74) is 19.3. The van der Waals surface area contributed by atoms with Crippen molar-refractivity contribution in [3.8, 4) is 81.0 Å². The maximum Gasteiger partial charge on any atom is 0.416 e. The molecule has 0 aliphatic rings. The molecular weight excluding hydrogens is 1850 g/mol. The molecule has 0 bridgehead atoms. The van der Waals surface area contributed by atoms with Crippen molar-refractivity contribution in [1.29, 1.82) is 21.0 Å².